The van der Waals surface area contributed by atoms with Crippen molar-refractivity contribution in [2.75, 3.05) is 0 Å². The molecule has 5 heterocycles. The van der Waals surface area contributed by atoms with Crippen LogP contribution >= 0.6 is 0 Å². The number of aryl methyl sites for hydroxylation is 4. The molecule has 48 heavy (non-hydrogen) atoms. The first-order valence-electron chi connectivity index (χ1n) is 17.5. The molecular formula is C38H36F6N4. The highest BCUT2D eigenvalue weighted by molar-refractivity contribution is 5.99. The maximum absolute atomic E-state index is 15.5. The Morgan fingerprint density at radius 1 is 0.438 bits per heavy atom. The van der Waals surface area contributed by atoms with Crippen LogP contribution in [0.15, 0.2) is 12.1 Å². The molecule has 4 nitrogen and oxygen atoms in total. The van der Waals surface area contributed by atoms with Gasteiger partial charge in [0.25, 0.3) is 0 Å². The second-order valence-electron chi connectivity index (χ2n) is 14.2. The summed E-state index contributed by atoms with van der Waals surface area (Å²) in [6.45, 7) is 0. The quantitative estimate of drug-likeness (QED) is 0.235. The Bertz CT molecular complexity index is 2120. The maximum atomic E-state index is 15.5. The largest absolute Gasteiger partial charge is 0.420 e. The van der Waals surface area contributed by atoms with E-state index in [1.165, 1.54) is 0 Å². The van der Waals surface area contributed by atoms with Crippen LogP contribution in [-0.4, -0.2) is 19.9 Å². The lowest BCUT2D eigenvalue weighted by Gasteiger charge is -2.19. The van der Waals surface area contributed by atoms with Gasteiger partial charge in [-0.05, 0) is 159 Å². The third-order valence-corrected chi connectivity index (χ3v) is 11.4. The fourth-order valence-electron chi connectivity index (χ4n) is 9.32. The van der Waals surface area contributed by atoms with E-state index in [1.807, 2.05) is 12.1 Å². The van der Waals surface area contributed by atoms with Crippen LogP contribution < -0.4 is 0 Å². The topological polar surface area (TPSA) is 57.4 Å². The lowest BCUT2D eigenvalue weighted by molar-refractivity contribution is -0.138. The summed E-state index contributed by atoms with van der Waals surface area (Å²) in [5.41, 5.74) is 5.72. The number of alkyl halides is 6. The van der Waals surface area contributed by atoms with Crippen LogP contribution in [0.5, 0.6) is 0 Å². The molecule has 3 aromatic rings. The molecule has 6 aliphatic rings. The van der Waals surface area contributed by atoms with Gasteiger partial charge in [0.05, 0.1) is 28.3 Å². The smallest absolute Gasteiger partial charge is 0.355 e. The summed E-state index contributed by atoms with van der Waals surface area (Å²) >= 11 is 0. The molecule has 2 aliphatic heterocycles. The number of allylic oxidation sites excluding steroid dienone is 4. The predicted octanol–water partition coefficient (Wildman–Crippen LogP) is 11.1. The van der Waals surface area contributed by atoms with Crippen LogP contribution in [0.1, 0.15) is 133 Å². The number of fused-ring (bicyclic) bond motifs is 18. The monoisotopic (exact) mass is 662 g/mol. The van der Waals surface area contributed by atoms with Crippen molar-refractivity contribution in [1.29, 1.82) is 0 Å². The Morgan fingerprint density at radius 3 is 1.44 bits per heavy atom. The van der Waals surface area contributed by atoms with Crippen molar-refractivity contribution in [3.63, 3.8) is 0 Å². The summed E-state index contributed by atoms with van der Waals surface area (Å²) < 4.78 is 92.9. The molecule has 0 spiro atoms. The predicted molar refractivity (Wildman–Crippen MR) is 175 cm³/mol. The van der Waals surface area contributed by atoms with Gasteiger partial charge in [-0.15, -0.1) is 0 Å². The molecule has 0 amide bonds. The van der Waals surface area contributed by atoms with Gasteiger partial charge < -0.3 is 9.97 Å². The molecule has 3 aromatic heterocycles. The van der Waals surface area contributed by atoms with Gasteiger partial charge in [-0.3, -0.25) is 0 Å². The van der Waals surface area contributed by atoms with E-state index in [1.54, 1.807) is 0 Å². The summed E-state index contributed by atoms with van der Waals surface area (Å²) in [4.78, 5) is 16.0. The summed E-state index contributed by atoms with van der Waals surface area (Å²) in [6.07, 6.45) is 1.00. The first-order chi connectivity index (χ1) is 23.1. The highest BCUT2D eigenvalue weighted by Crippen LogP contribution is 2.52. The average molecular weight is 663 g/mol. The second-order valence-corrected chi connectivity index (χ2v) is 14.2. The summed E-state index contributed by atoms with van der Waals surface area (Å²) in [7, 11) is 0. The first-order valence-corrected chi connectivity index (χ1v) is 17.5. The zero-order chi connectivity index (χ0) is 32.9. The van der Waals surface area contributed by atoms with Crippen LogP contribution in [0.4, 0.5) is 26.3 Å². The van der Waals surface area contributed by atoms with E-state index in [-0.39, 0.29) is 35.4 Å². The van der Waals surface area contributed by atoms with Crippen molar-refractivity contribution < 1.29 is 26.3 Å². The number of hydrogen-bond donors (Lipinski definition) is 2. The van der Waals surface area contributed by atoms with E-state index >= 15 is 26.3 Å². The molecule has 0 unspecified atom stereocenters. The molecule has 0 radical (unpaired) electrons. The molecule has 0 saturated carbocycles. The number of H-pyrrole nitrogens is 2. The van der Waals surface area contributed by atoms with E-state index in [4.69, 9.17) is 4.98 Å². The lowest BCUT2D eigenvalue weighted by Crippen LogP contribution is -2.13. The molecule has 0 fully saturated rings. The van der Waals surface area contributed by atoms with Gasteiger partial charge in [-0.1, -0.05) is 0 Å². The minimum Gasteiger partial charge on any atom is -0.355 e. The molecule has 4 aliphatic carbocycles. The van der Waals surface area contributed by atoms with Gasteiger partial charge in [-0.25, -0.2) is 9.97 Å². The zero-order valence-electron chi connectivity index (χ0n) is 26.6. The third-order valence-electron chi connectivity index (χ3n) is 11.4. The average Bonchev–Trinajstić information content (AvgIpc) is 3.80. The highest BCUT2D eigenvalue weighted by Gasteiger charge is 2.45. The number of nitrogens with one attached hydrogen (secondary N) is 2. The molecule has 2 N–H and O–H groups in total. The van der Waals surface area contributed by atoms with Crippen LogP contribution in [0.3, 0.4) is 0 Å². The lowest BCUT2D eigenvalue weighted by atomic mass is 9.85. The van der Waals surface area contributed by atoms with Crippen molar-refractivity contribution in [3.05, 3.63) is 68.3 Å². The second kappa shape index (κ2) is 10.8. The van der Waals surface area contributed by atoms with Crippen LogP contribution in [0.2, 0.25) is 0 Å². The van der Waals surface area contributed by atoms with Crippen molar-refractivity contribution in [3.8, 4) is 0 Å². The van der Waals surface area contributed by atoms with Crippen LogP contribution in [-0.2, 0) is 38.0 Å². The molecule has 0 aromatic carbocycles. The fourth-order valence-corrected chi connectivity index (χ4v) is 9.32. The van der Waals surface area contributed by atoms with E-state index < -0.39 is 23.5 Å². The third kappa shape index (κ3) is 4.64. The van der Waals surface area contributed by atoms with Crippen LogP contribution in [0, 0.1) is 0 Å². The minimum absolute atomic E-state index is 0.0418. The molecule has 10 heteroatoms. The Labute approximate surface area is 273 Å². The zero-order valence-corrected chi connectivity index (χ0v) is 26.6. The van der Waals surface area contributed by atoms with Gasteiger partial charge in [0.2, 0.25) is 0 Å². The Hall–Kier alpha value is -3.82. The van der Waals surface area contributed by atoms with Crippen LogP contribution in [0.25, 0.3) is 44.4 Å². The summed E-state index contributed by atoms with van der Waals surface area (Å²) in [6, 6.07) is 3.91. The SMILES string of the molecule is FC(F)(F)c1c2nc(cc3[nH]c(cc4[nH]c(c5c4CCCC5)c(C(F)(F)F)c4nc1C1=C4CCCC1)c1c3CCCC1)C1=C2CCCC1. The Balaban J connectivity index is 1.53. The van der Waals surface area contributed by atoms with E-state index in [0.717, 1.165) is 84.7 Å². The molecule has 8 bridgehead atoms. The molecular weight excluding hydrogens is 626 g/mol. The number of rotatable bonds is 0. The fraction of sp³-hybridized carbons (Fsp3) is 0.474. The molecule has 250 valence electrons. The van der Waals surface area contributed by atoms with Crippen molar-refractivity contribution in [1.82, 2.24) is 19.9 Å². The maximum Gasteiger partial charge on any atom is 0.420 e. The van der Waals surface area contributed by atoms with Gasteiger partial charge in [0.1, 0.15) is 11.1 Å². The van der Waals surface area contributed by atoms with Crippen molar-refractivity contribution >= 4 is 44.4 Å². The van der Waals surface area contributed by atoms with E-state index in [0.29, 0.717) is 72.0 Å². The van der Waals surface area contributed by atoms with Gasteiger partial charge >= 0.3 is 12.4 Å². The van der Waals surface area contributed by atoms with E-state index in [2.05, 4.69) is 15.0 Å². The number of nitrogens with zero attached hydrogens (tertiary/aromatic N) is 2. The number of aromatic amines is 2. The van der Waals surface area contributed by atoms with Gasteiger partial charge in [0.15, 0.2) is 0 Å². The number of hydrogen-bond acceptors (Lipinski definition) is 2. The van der Waals surface area contributed by atoms with Gasteiger partial charge in [0, 0.05) is 16.6 Å². The first kappa shape index (κ1) is 30.3. The standard InChI is InChI=1S/C38H36F6N4/c39-37(40,41)31-33-23-13-5-3-11-21(23)29(46-33)17-27-19-9-1-2-10-20(19)28(45-27)18-30-22-12-4-6-14-24(22)34(47-30)32(38(42,43)44)36-26-16-8-7-15-25(26)35(31)48-36/h17-18,45-46H,1-16H2. The molecule has 0 atom stereocenters. The number of aromatic nitrogens is 4. The summed E-state index contributed by atoms with van der Waals surface area (Å²) in [5, 5.41) is 0. The van der Waals surface area contributed by atoms with Crippen molar-refractivity contribution in [2.24, 2.45) is 0 Å². The van der Waals surface area contributed by atoms with Gasteiger partial charge in [-0.2, -0.15) is 26.3 Å². The molecule has 9 rings (SSSR count). The van der Waals surface area contributed by atoms with E-state index in [9.17, 15) is 0 Å². The Morgan fingerprint density at radius 2 is 0.854 bits per heavy atom. The normalized spacial score (nSPS) is 19.6. The van der Waals surface area contributed by atoms with Crippen molar-refractivity contribution in [2.45, 2.75) is 115 Å². The molecule has 0 saturated heterocycles. The number of halogens is 6. The summed E-state index contributed by atoms with van der Waals surface area (Å²) in [5.74, 6) is 0. The minimum atomic E-state index is -4.87. The Kier molecular flexibility index (Phi) is 6.83. The highest BCUT2D eigenvalue weighted by atomic mass is 19.4.